The van der Waals surface area contributed by atoms with E-state index in [0.29, 0.717) is 15.8 Å². The number of nitrogens with two attached hydrogens (primary N) is 1. The Labute approximate surface area is 128 Å². The molecule has 0 atom stereocenters. The molecule has 0 fully saturated rings. The van der Waals surface area contributed by atoms with Crippen LogP contribution in [0.5, 0.6) is 0 Å². The molecule has 0 aliphatic rings. The van der Waals surface area contributed by atoms with Crippen LogP contribution in [0.25, 0.3) is 0 Å². The number of hydrogen-bond donors (Lipinski definition) is 3. The van der Waals surface area contributed by atoms with Crippen molar-refractivity contribution in [2.24, 2.45) is 5.73 Å². The normalized spacial score (nSPS) is 10.0. The van der Waals surface area contributed by atoms with Gasteiger partial charge in [0.05, 0.1) is 4.47 Å². The molecule has 2 aromatic rings. The lowest BCUT2D eigenvalue weighted by molar-refractivity contribution is 0.102. The fraction of sp³-hybridized carbons (Fsp3) is 0. The second-order valence-electron chi connectivity index (χ2n) is 4.15. The van der Waals surface area contributed by atoms with Crippen LogP contribution in [0.1, 0.15) is 10.4 Å². The Bertz CT molecular complexity index is 689. The first-order chi connectivity index (χ1) is 9.95. The summed E-state index contributed by atoms with van der Waals surface area (Å²) >= 11 is 3.02. The van der Waals surface area contributed by atoms with Crippen molar-refractivity contribution < 1.29 is 14.0 Å². The Kier molecular flexibility index (Phi) is 4.54. The van der Waals surface area contributed by atoms with E-state index in [1.165, 1.54) is 12.1 Å². The molecule has 0 spiro atoms. The molecule has 0 aliphatic carbocycles. The van der Waals surface area contributed by atoms with Crippen molar-refractivity contribution >= 4 is 39.2 Å². The van der Waals surface area contributed by atoms with E-state index in [4.69, 9.17) is 5.73 Å². The lowest BCUT2D eigenvalue weighted by atomic mass is 10.2. The topological polar surface area (TPSA) is 84.2 Å². The Morgan fingerprint density at radius 3 is 2.10 bits per heavy atom. The second kappa shape index (κ2) is 6.36. The summed E-state index contributed by atoms with van der Waals surface area (Å²) in [6, 6.07) is 9.80. The molecule has 0 saturated heterocycles. The molecular formula is C14H11BrFN3O2. The smallest absolute Gasteiger partial charge is 0.316 e. The van der Waals surface area contributed by atoms with E-state index in [9.17, 15) is 14.0 Å². The highest BCUT2D eigenvalue weighted by Crippen LogP contribution is 2.18. The maximum absolute atomic E-state index is 13.4. The molecule has 0 saturated carbocycles. The first-order valence-electron chi connectivity index (χ1n) is 5.88. The number of hydrogen-bond acceptors (Lipinski definition) is 2. The van der Waals surface area contributed by atoms with Crippen LogP contribution in [-0.4, -0.2) is 11.9 Å². The summed E-state index contributed by atoms with van der Waals surface area (Å²) in [7, 11) is 0. The van der Waals surface area contributed by atoms with Gasteiger partial charge in [-0.25, -0.2) is 9.18 Å². The number of rotatable bonds is 3. The zero-order valence-corrected chi connectivity index (χ0v) is 12.3. The maximum atomic E-state index is 13.4. The average Bonchev–Trinajstić information content (AvgIpc) is 2.43. The standard InChI is InChI=1S/C14H11BrFN3O2/c15-11-6-1-8(7-12(11)16)13(20)18-9-2-4-10(5-3-9)19-14(17)21/h1-7H,(H,18,20)(H3,17,19,21). The van der Waals surface area contributed by atoms with E-state index in [-0.39, 0.29) is 5.56 Å². The van der Waals surface area contributed by atoms with Crippen LogP contribution >= 0.6 is 15.9 Å². The lowest BCUT2D eigenvalue weighted by Gasteiger charge is -2.07. The predicted molar refractivity (Wildman–Crippen MR) is 81.7 cm³/mol. The van der Waals surface area contributed by atoms with Gasteiger partial charge in [0.25, 0.3) is 5.91 Å². The molecule has 21 heavy (non-hydrogen) atoms. The van der Waals surface area contributed by atoms with E-state index >= 15 is 0 Å². The SMILES string of the molecule is NC(=O)Nc1ccc(NC(=O)c2ccc(Br)c(F)c2)cc1. The second-order valence-corrected chi connectivity index (χ2v) is 5.00. The Balaban J connectivity index is 2.08. The summed E-state index contributed by atoms with van der Waals surface area (Å²) in [4.78, 5) is 22.6. The molecule has 2 rings (SSSR count). The van der Waals surface area contributed by atoms with Crippen LogP contribution < -0.4 is 16.4 Å². The first-order valence-corrected chi connectivity index (χ1v) is 6.68. The molecule has 0 heterocycles. The summed E-state index contributed by atoms with van der Waals surface area (Å²) in [6.45, 7) is 0. The number of nitrogens with one attached hydrogen (secondary N) is 2. The molecule has 7 heteroatoms. The van der Waals surface area contributed by atoms with Crippen molar-refractivity contribution in [3.63, 3.8) is 0 Å². The van der Waals surface area contributed by atoms with Gasteiger partial charge >= 0.3 is 6.03 Å². The summed E-state index contributed by atoms with van der Waals surface area (Å²) in [5, 5.41) is 5.02. The van der Waals surface area contributed by atoms with Crippen LogP contribution in [0, 0.1) is 5.82 Å². The van der Waals surface area contributed by atoms with Crippen molar-refractivity contribution in [2.75, 3.05) is 10.6 Å². The highest BCUT2D eigenvalue weighted by atomic mass is 79.9. The highest BCUT2D eigenvalue weighted by molar-refractivity contribution is 9.10. The summed E-state index contributed by atoms with van der Waals surface area (Å²) < 4.78 is 13.7. The molecular weight excluding hydrogens is 341 g/mol. The Hall–Kier alpha value is -2.41. The van der Waals surface area contributed by atoms with Gasteiger partial charge in [-0.1, -0.05) is 0 Å². The van der Waals surface area contributed by atoms with Gasteiger partial charge in [0.15, 0.2) is 0 Å². The van der Waals surface area contributed by atoms with E-state index in [2.05, 4.69) is 26.6 Å². The van der Waals surface area contributed by atoms with E-state index in [1.54, 1.807) is 24.3 Å². The van der Waals surface area contributed by atoms with Gasteiger partial charge in [0.1, 0.15) is 5.82 Å². The van der Waals surface area contributed by atoms with Crippen molar-refractivity contribution in [3.8, 4) is 0 Å². The number of benzene rings is 2. The van der Waals surface area contributed by atoms with E-state index in [1.807, 2.05) is 0 Å². The molecule has 3 amide bonds. The van der Waals surface area contributed by atoms with Gasteiger partial charge in [0, 0.05) is 16.9 Å². The van der Waals surface area contributed by atoms with Crippen molar-refractivity contribution in [3.05, 3.63) is 58.3 Å². The van der Waals surface area contributed by atoms with E-state index in [0.717, 1.165) is 6.07 Å². The van der Waals surface area contributed by atoms with Crippen LogP contribution in [-0.2, 0) is 0 Å². The Morgan fingerprint density at radius 1 is 1.00 bits per heavy atom. The zero-order valence-electron chi connectivity index (χ0n) is 10.7. The number of carbonyl (C=O) groups is 2. The van der Waals surface area contributed by atoms with Crippen LogP contribution in [0.15, 0.2) is 46.9 Å². The minimum absolute atomic E-state index is 0.204. The van der Waals surface area contributed by atoms with Gasteiger partial charge in [-0.2, -0.15) is 0 Å². The Morgan fingerprint density at radius 2 is 1.57 bits per heavy atom. The van der Waals surface area contributed by atoms with Crippen molar-refractivity contribution in [1.82, 2.24) is 0 Å². The summed E-state index contributed by atoms with van der Waals surface area (Å²) in [6.07, 6.45) is 0. The molecule has 4 N–H and O–H groups in total. The predicted octanol–water partition coefficient (Wildman–Crippen LogP) is 3.33. The molecule has 0 bridgehead atoms. The maximum Gasteiger partial charge on any atom is 0.316 e. The van der Waals surface area contributed by atoms with Crippen molar-refractivity contribution in [1.29, 1.82) is 0 Å². The molecule has 0 unspecified atom stereocenters. The largest absolute Gasteiger partial charge is 0.351 e. The van der Waals surface area contributed by atoms with E-state index < -0.39 is 17.8 Å². The number of amides is 3. The quantitative estimate of drug-likeness (QED) is 0.792. The monoisotopic (exact) mass is 351 g/mol. The number of anilines is 2. The molecule has 0 aromatic heterocycles. The highest BCUT2D eigenvalue weighted by Gasteiger charge is 2.09. The number of halogens is 2. The van der Waals surface area contributed by atoms with Crippen molar-refractivity contribution in [2.45, 2.75) is 0 Å². The number of carbonyl (C=O) groups excluding carboxylic acids is 2. The van der Waals surface area contributed by atoms with Gasteiger partial charge < -0.3 is 16.4 Å². The minimum atomic E-state index is -0.669. The fourth-order valence-electron chi connectivity index (χ4n) is 1.62. The number of urea groups is 1. The van der Waals surface area contributed by atoms with Gasteiger partial charge in [-0.3, -0.25) is 4.79 Å². The molecule has 5 nitrogen and oxygen atoms in total. The third kappa shape index (κ3) is 4.03. The fourth-order valence-corrected chi connectivity index (χ4v) is 1.87. The average molecular weight is 352 g/mol. The first kappa shape index (κ1) is 15.0. The summed E-state index contributed by atoms with van der Waals surface area (Å²) in [5.74, 6) is -0.944. The number of primary amides is 1. The third-order valence-electron chi connectivity index (χ3n) is 2.59. The molecule has 0 aliphatic heterocycles. The van der Waals surface area contributed by atoms with Gasteiger partial charge in [-0.15, -0.1) is 0 Å². The molecule has 2 aromatic carbocycles. The van der Waals surface area contributed by atoms with Crippen LogP contribution in [0.2, 0.25) is 0 Å². The molecule has 108 valence electrons. The molecule has 0 radical (unpaired) electrons. The summed E-state index contributed by atoms with van der Waals surface area (Å²) in [5.41, 5.74) is 6.21. The van der Waals surface area contributed by atoms with Crippen LogP contribution in [0.3, 0.4) is 0 Å². The van der Waals surface area contributed by atoms with Gasteiger partial charge in [-0.05, 0) is 58.4 Å². The third-order valence-corrected chi connectivity index (χ3v) is 3.24. The van der Waals surface area contributed by atoms with Crippen LogP contribution in [0.4, 0.5) is 20.6 Å². The zero-order chi connectivity index (χ0) is 15.4. The minimum Gasteiger partial charge on any atom is -0.351 e. The lowest BCUT2D eigenvalue weighted by Crippen LogP contribution is -2.19. The van der Waals surface area contributed by atoms with Gasteiger partial charge in [0.2, 0.25) is 0 Å².